The van der Waals surface area contributed by atoms with Crippen LogP contribution in [0.25, 0.3) is 0 Å². The van der Waals surface area contributed by atoms with Crippen LogP contribution >= 0.6 is 15.9 Å². The minimum Gasteiger partial charge on any atom is -0.593 e. The Morgan fingerprint density at radius 2 is 1.44 bits per heavy atom. The molecule has 50 heavy (non-hydrogen) atoms. The van der Waals surface area contributed by atoms with Gasteiger partial charge < -0.3 is 25.4 Å². The molecule has 1 aliphatic carbocycles. The molecule has 1 saturated carbocycles. The Labute approximate surface area is 302 Å². The lowest BCUT2D eigenvalue weighted by Gasteiger charge is -2.34. The van der Waals surface area contributed by atoms with Gasteiger partial charge >= 0.3 is 11.9 Å². The topological polar surface area (TPSA) is 159 Å². The fourth-order valence-corrected chi connectivity index (χ4v) is 7.84. The third kappa shape index (κ3) is 9.39. The van der Waals surface area contributed by atoms with E-state index in [1.807, 2.05) is 35.5 Å². The Morgan fingerprint density at radius 3 is 2.04 bits per heavy atom. The van der Waals surface area contributed by atoms with Crippen LogP contribution in [0, 0.1) is 5.92 Å². The van der Waals surface area contributed by atoms with Crippen LogP contribution in [0.5, 0.6) is 0 Å². The maximum Gasteiger partial charge on any atom is 0.335 e. The number of nitrogens with one attached hydrogen (secondary N) is 2. The molecule has 0 radical (unpaired) electrons. The van der Waals surface area contributed by atoms with E-state index in [2.05, 4.69) is 26.6 Å². The van der Waals surface area contributed by atoms with Gasteiger partial charge in [0.25, 0.3) is 11.8 Å². The van der Waals surface area contributed by atoms with E-state index in [9.17, 15) is 28.8 Å². The number of hydrogen-bond acceptors (Lipinski definition) is 6. The Bertz CT molecular complexity index is 1840. The third-order valence-electron chi connectivity index (χ3n) is 8.87. The molecule has 0 spiro atoms. The van der Waals surface area contributed by atoms with E-state index in [1.54, 1.807) is 66.7 Å². The summed E-state index contributed by atoms with van der Waals surface area (Å²) < 4.78 is 16.2. The molecule has 1 atom stereocenters. The van der Waals surface area contributed by atoms with Crippen LogP contribution in [0.15, 0.2) is 100 Å². The summed E-state index contributed by atoms with van der Waals surface area (Å²) in [6.45, 7) is 2.42. The molecule has 260 valence electrons. The first-order chi connectivity index (χ1) is 24.0. The first-order valence-corrected chi connectivity index (χ1v) is 18.3. The molecule has 0 bridgehead atoms. The standard InChI is InChI=1S/C38H38BrN3O7S/c1-2-42(31-19-14-27(15-20-31)38(47)48)50(49)32-5-3-4-28(22-32)35(43)41-34-23-29(39)16-21-33(34)36(44)40-30-17-10-25(11-18-30)7-6-24-8-12-26(13-9-24)37(45)46/h3-5,8-13,16-18,21-23,27,31H,2,6-7,14-15,19-20H2,1H3,(H,40,44)(H,41,43)(H,45,46)(H,47,48). The van der Waals surface area contributed by atoms with Crippen LogP contribution in [0.3, 0.4) is 0 Å². The molecule has 0 heterocycles. The van der Waals surface area contributed by atoms with Gasteiger partial charge in [0.2, 0.25) is 0 Å². The number of aliphatic carboxylic acids is 1. The zero-order chi connectivity index (χ0) is 35.8. The largest absolute Gasteiger partial charge is 0.593 e. The number of carbonyl (C=O) groups is 4. The minimum absolute atomic E-state index is 0.0159. The highest BCUT2D eigenvalue weighted by Crippen LogP contribution is 2.31. The summed E-state index contributed by atoms with van der Waals surface area (Å²) in [5, 5.41) is 24.2. The highest BCUT2D eigenvalue weighted by molar-refractivity contribution is 9.10. The molecule has 0 aliphatic heterocycles. The van der Waals surface area contributed by atoms with E-state index in [4.69, 9.17) is 5.11 Å². The van der Waals surface area contributed by atoms with E-state index in [1.165, 1.54) is 0 Å². The predicted molar refractivity (Wildman–Crippen MR) is 196 cm³/mol. The fourth-order valence-electron chi connectivity index (χ4n) is 6.07. The van der Waals surface area contributed by atoms with Gasteiger partial charge in [-0.25, -0.2) is 4.79 Å². The number of carbonyl (C=O) groups excluding carboxylic acids is 2. The molecule has 1 unspecified atom stereocenters. The molecule has 1 fully saturated rings. The van der Waals surface area contributed by atoms with Crippen LogP contribution < -0.4 is 10.6 Å². The highest BCUT2D eigenvalue weighted by Gasteiger charge is 2.35. The maximum atomic E-state index is 13.7. The Morgan fingerprint density at radius 1 is 0.800 bits per heavy atom. The number of amides is 2. The molecule has 0 saturated heterocycles. The van der Waals surface area contributed by atoms with E-state index in [0.29, 0.717) is 53.0 Å². The summed E-state index contributed by atoms with van der Waals surface area (Å²) in [6.07, 6.45) is 3.83. The summed E-state index contributed by atoms with van der Waals surface area (Å²) >= 11 is 1.87. The second-order valence-electron chi connectivity index (χ2n) is 12.2. The van der Waals surface area contributed by atoms with E-state index < -0.39 is 35.1 Å². The van der Waals surface area contributed by atoms with Crippen molar-refractivity contribution < 1.29 is 33.9 Å². The second kappa shape index (κ2) is 16.9. The molecule has 5 rings (SSSR count). The number of aryl methyl sites for hydroxylation is 2. The summed E-state index contributed by atoms with van der Waals surface area (Å²) in [4.78, 5) is 49.8. The summed E-state index contributed by atoms with van der Waals surface area (Å²) in [5.41, 5.74) is 3.74. The van der Waals surface area contributed by atoms with Crippen molar-refractivity contribution in [1.29, 1.82) is 0 Å². The lowest BCUT2D eigenvalue weighted by atomic mass is 9.86. The molecular formula is C38H38BrN3O7S. The Hall–Kier alpha value is -4.49. The van der Waals surface area contributed by atoms with Crippen molar-refractivity contribution in [2.75, 3.05) is 17.2 Å². The van der Waals surface area contributed by atoms with Gasteiger partial charge in [-0.15, -0.1) is 4.31 Å². The first kappa shape index (κ1) is 36.8. The van der Waals surface area contributed by atoms with Gasteiger partial charge in [0.05, 0.1) is 40.1 Å². The van der Waals surface area contributed by atoms with Crippen molar-refractivity contribution >= 4 is 62.4 Å². The quantitative estimate of drug-likeness (QED) is 0.103. The van der Waals surface area contributed by atoms with Gasteiger partial charge in [-0.3, -0.25) is 14.4 Å². The van der Waals surface area contributed by atoms with E-state index in [0.717, 1.165) is 24.0 Å². The van der Waals surface area contributed by atoms with Crippen molar-refractivity contribution in [3.8, 4) is 0 Å². The number of nitrogens with zero attached hydrogens (tertiary/aromatic N) is 1. The Balaban J connectivity index is 1.22. The molecule has 0 aromatic heterocycles. The molecule has 2 amide bonds. The number of hydrogen-bond donors (Lipinski definition) is 4. The smallest absolute Gasteiger partial charge is 0.335 e. The van der Waals surface area contributed by atoms with Crippen LogP contribution in [-0.2, 0) is 29.0 Å². The zero-order valence-corrected chi connectivity index (χ0v) is 29.8. The van der Waals surface area contributed by atoms with Crippen LogP contribution in [0.1, 0.15) is 74.8 Å². The number of carboxylic acids is 2. The minimum atomic E-state index is -1.55. The molecular weight excluding hydrogens is 722 g/mol. The summed E-state index contributed by atoms with van der Waals surface area (Å²) in [5.74, 6) is -3.00. The summed E-state index contributed by atoms with van der Waals surface area (Å²) in [6, 6.07) is 25.8. The molecule has 12 heteroatoms. The van der Waals surface area contributed by atoms with Gasteiger partial charge in [0.1, 0.15) is 0 Å². The number of carboxylic acid groups (broad SMARTS) is 2. The zero-order valence-electron chi connectivity index (χ0n) is 27.4. The monoisotopic (exact) mass is 759 g/mol. The normalized spacial score (nSPS) is 16.4. The van der Waals surface area contributed by atoms with Crippen molar-refractivity contribution in [3.05, 3.63) is 123 Å². The van der Waals surface area contributed by atoms with Gasteiger partial charge in [0.15, 0.2) is 4.90 Å². The van der Waals surface area contributed by atoms with Crippen molar-refractivity contribution in [2.45, 2.75) is 56.4 Å². The highest BCUT2D eigenvalue weighted by atomic mass is 79.9. The third-order valence-corrected chi connectivity index (χ3v) is 11.0. The van der Waals surface area contributed by atoms with Crippen LogP contribution in [0.4, 0.5) is 11.4 Å². The fraction of sp³-hybridized carbons (Fsp3) is 0.263. The Kier molecular flexibility index (Phi) is 12.5. The van der Waals surface area contributed by atoms with Gasteiger partial charge in [-0.1, -0.05) is 46.3 Å². The lowest BCUT2D eigenvalue weighted by Crippen LogP contribution is -2.42. The first-order valence-electron chi connectivity index (χ1n) is 16.4. The molecule has 4 N–H and O–H groups in total. The van der Waals surface area contributed by atoms with E-state index in [-0.39, 0.29) is 28.7 Å². The van der Waals surface area contributed by atoms with Gasteiger partial charge in [0, 0.05) is 28.3 Å². The van der Waals surface area contributed by atoms with Gasteiger partial charge in [-0.05, 0) is 111 Å². The number of anilines is 2. The molecule has 10 nitrogen and oxygen atoms in total. The number of benzene rings is 4. The van der Waals surface area contributed by atoms with Crippen molar-refractivity contribution in [1.82, 2.24) is 4.31 Å². The molecule has 1 aliphatic rings. The summed E-state index contributed by atoms with van der Waals surface area (Å²) in [7, 11) is 0. The van der Waals surface area contributed by atoms with Crippen LogP contribution in [-0.4, -0.2) is 55.4 Å². The SMILES string of the molecule is CCN(C1CCC(C(=O)O)CC1)[S+]([O-])c1cccc(C(=O)Nc2cc(Br)ccc2C(=O)Nc2ccc(CCc3ccc(C(=O)O)cc3)cc2)c1. The number of halogens is 1. The van der Waals surface area contributed by atoms with Crippen LogP contribution in [0.2, 0.25) is 0 Å². The van der Waals surface area contributed by atoms with Gasteiger partial charge in [-0.2, -0.15) is 0 Å². The average Bonchev–Trinajstić information content (AvgIpc) is 3.12. The van der Waals surface area contributed by atoms with Crippen molar-refractivity contribution in [3.63, 3.8) is 0 Å². The predicted octanol–water partition coefficient (Wildman–Crippen LogP) is 7.43. The second-order valence-corrected chi connectivity index (χ2v) is 14.5. The van der Waals surface area contributed by atoms with Crippen molar-refractivity contribution in [2.24, 2.45) is 5.92 Å². The molecule has 4 aromatic rings. The van der Waals surface area contributed by atoms with E-state index >= 15 is 0 Å². The lowest BCUT2D eigenvalue weighted by molar-refractivity contribution is -0.143. The average molecular weight is 761 g/mol. The number of rotatable bonds is 13. The number of aromatic carboxylic acids is 1. The molecule has 4 aromatic carbocycles. The maximum absolute atomic E-state index is 13.7.